The van der Waals surface area contributed by atoms with Crippen LogP contribution in [0.1, 0.15) is 16.8 Å². The molecule has 2 heterocycles. The summed E-state index contributed by atoms with van der Waals surface area (Å²) in [5.74, 6) is -0.299. The van der Waals surface area contributed by atoms with Gasteiger partial charge in [0.1, 0.15) is 0 Å². The van der Waals surface area contributed by atoms with E-state index < -0.39 is 5.82 Å². The van der Waals surface area contributed by atoms with Crippen LogP contribution in [-0.2, 0) is 0 Å². The number of carbonyl (C=O) groups is 1. The van der Waals surface area contributed by atoms with Crippen LogP contribution >= 0.6 is 15.9 Å². The Hall–Kier alpha value is -0.970. The molecule has 16 heavy (non-hydrogen) atoms. The lowest BCUT2D eigenvalue weighted by Crippen LogP contribution is -2.29. The van der Waals surface area contributed by atoms with Gasteiger partial charge in [0.05, 0.1) is 11.8 Å². The predicted molar refractivity (Wildman–Crippen MR) is 62.0 cm³/mol. The second-order valence-electron chi connectivity index (χ2n) is 3.92. The number of aromatic nitrogens is 1. The number of carbonyl (C=O) groups excluding carboxylic acids is 1. The van der Waals surface area contributed by atoms with Gasteiger partial charge >= 0.3 is 0 Å². The Morgan fingerprint density at radius 2 is 2.50 bits per heavy atom. The molecule has 0 N–H and O–H groups in total. The lowest BCUT2D eigenvalue weighted by atomic mass is 10.2. The summed E-state index contributed by atoms with van der Waals surface area (Å²) in [5, 5.41) is 0.885. The monoisotopic (exact) mass is 286 g/mol. The largest absolute Gasteiger partial charge is 0.338 e. The van der Waals surface area contributed by atoms with E-state index >= 15 is 0 Å². The maximum atomic E-state index is 13.4. The van der Waals surface area contributed by atoms with E-state index in [0.717, 1.165) is 17.9 Å². The van der Waals surface area contributed by atoms with Crippen LogP contribution in [0, 0.1) is 11.7 Å². The highest BCUT2D eigenvalue weighted by Gasteiger charge is 2.27. The van der Waals surface area contributed by atoms with Gasteiger partial charge in [0.15, 0.2) is 5.82 Å². The normalized spacial score (nSPS) is 20.1. The van der Waals surface area contributed by atoms with Crippen molar-refractivity contribution in [1.29, 1.82) is 0 Å². The van der Waals surface area contributed by atoms with Crippen LogP contribution in [0.3, 0.4) is 0 Å². The molecule has 1 aliphatic heterocycles. The first-order valence-corrected chi connectivity index (χ1v) is 6.29. The Balaban J connectivity index is 2.12. The van der Waals surface area contributed by atoms with Crippen molar-refractivity contribution >= 4 is 21.8 Å². The van der Waals surface area contributed by atoms with Crippen molar-refractivity contribution in [2.45, 2.75) is 6.42 Å². The first-order valence-electron chi connectivity index (χ1n) is 5.17. The maximum Gasteiger partial charge on any atom is 0.256 e. The topological polar surface area (TPSA) is 33.2 Å². The molecule has 0 bridgehead atoms. The quantitative estimate of drug-likeness (QED) is 0.780. The molecule has 2 rings (SSSR count). The molecule has 0 aromatic carbocycles. The van der Waals surface area contributed by atoms with Gasteiger partial charge in [0, 0.05) is 24.6 Å². The number of nitrogens with zero attached hydrogens (tertiary/aromatic N) is 2. The van der Waals surface area contributed by atoms with Crippen LogP contribution in [0.5, 0.6) is 0 Å². The fourth-order valence-electron chi connectivity index (χ4n) is 1.86. The number of rotatable bonds is 2. The van der Waals surface area contributed by atoms with E-state index in [1.807, 2.05) is 0 Å². The fourth-order valence-corrected chi connectivity index (χ4v) is 2.39. The molecule has 0 radical (unpaired) electrons. The highest BCUT2D eigenvalue weighted by molar-refractivity contribution is 9.09. The first-order chi connectivity index (χ1) is 7.72. The summed E-state index contributed by atoms with van der Waals surface area (Å²) in [4.78, 5) is 17.3. The Morgan fingerprint density at radius 3 is 3.12 bits per heavy atom. The Morgan fingerprint density at radius 1 is 1.69 bits per heavy atom. The average molecular weight is 287 g/mol. The average Bonchev–Trinajstić information content (AvgIpc) is 2.77. The third kappa shape index (κ3) is 2.24. The molecular weight excluding hydrogens is 275 g/mol. The number of hydrogen-bond acceptors (Lipinski definition) is 2. The van der Waals surface area contributed by atoms with Gasteiger partial charge in [0.2, 0.25) is 0 Å². The summed E-state index contributed by atoms with van der Waals surface area (Å²) >= 11 is 3.40. The molecule has 1 atom stereocenters. The van der Waals surface area contributed by atoms with Gasteiger partial charge in [-0.25, -0.2) is 4.39 Å². The molecule has 1 unspecified atom stereocenters. The molecular formula is C11H12BrFN2O. The van der Waals surface area contributed by atoms with Crippen LogP contribution in [-0.4, -0.2) is 34.2 Å². The second-order valence-corrected chi connectivity index (χ2v) is 4.56. The highest BCUT2D eigenvalue weighted by Crippen LogP contribution is 2.20. The minimum atomic E-state index is -0.546. The van der Waals surface area contributed by atoms with Gasteiger partial charge < -0.3 is 4.90 Å². The number of pyridine rings is 1. The van der Waals surface area contributed by atoms with Crippen molar-refractivity contribution in [3.05, 3.63) is 29.8 Å². The molecule has 0 aliphatic carbocycles. The SMILES string of the molecule is O=C(c1ccncc1F)N1CCC(CBr)C1. The molecule has 1 fully saturated rings. The molecule has 1 aromatic heterocycles. The molecule has 1 aliphatic rings. The summed E-state index contributed by atoms with van der Waals surface area (Å²) in [6.45, 7) is 1.41. The van der Waals surface area contributed by atoms with Gasteiger partial charge in [-0.2, -0.15) is 0 Å². The zero-order chi connectivity index (χ0) is 11.5. The van der Waals surface area contributed by atoms with Crippen molar-refractivity contribution in [2.75, 3.05) is 18.4 Å². The van der Waals surface area contributed by atoms with Crippen molar-refractivity contribution in [3.63, 3.8) is 0 Å². The highest BCUT2D eigenvalue weighted by atomic mass is 79.9. The third-order valence-electron chi connectivity index (χ3n) is 2.79. The first kappa shape index (κ1) is 11.5. The van der Waals surface area contributed by atoms with Gasteiger partial charge in [-0.15, -0.1) is 0 Å². The van der Waals surface area contributed by atoms with Gasteiger partial charge in [-0.05, 0) is 18.4 Å². The zero-order valence-electron chi connectivity index (χ0n) is 8.70. The van der Waals surface area contributed by atoms with E-state index in [-0.39, 0.29) is 11.5 Å². The summed E-state index contributed by atoms with van der Waals surface area (Å²) in [6, 6.07) is 1.43. The van der Waals surface area contributed by atoms with E-state index in [9.17, 15) is 9.18 Å². The Kier molecular flexibility index (Phi) is 3.53. The van der Waals surface area contributed by atoms with Crippen molar-refractivity contribution in [2.24, 2.45) is 5.92 Å². The van der Waals surface area contributed by atoms with Gasteiger partial charge in [-0.3, -0.25) is 9.78 Å². The number of halogens is 2. The van der Waals surface area contributed by atoms with Crippen molar-refractivity contribution in [1.82, 2.24) is 9.88 Å². The number of hydrogen-bond donors (Lipinski definition) is 0. The second kappa shape index (κ2) is 4.91. The fraction of sp³-hybridized carbons (Fsp3) is 0.455. The molecule has 0 saturated carbocycles. The van der Waals surface area contributed by atoms with Crippen molar-refractivity contribution < 1.29 is 9.18 Å². The van der Waals surface area contributed by atoms with Crippen LogP contribution in [0.15, 0.2) is 18.5 Å². The summed E-state index contributed by atoms with van der Waals surface area (Å²) in [6.07, 6.45) is 3.49. The predicted octanol–water partition coefficient (Wildman–Crippen LogP) is 2.08. The lowest BCUT2D eigenvalue weighted by molar-refractivity contribution is 0.0783. The van der Waals surface area contributed by atoms with Crippen LogP contribution in [0.4, 0.5) is 4.39 Å². The standard InChI is InChI=1S/C11H12BrFN2O/c12-5-8-2-4-15(7-8)11(16)9-1-3-14-6-10(9)13/h1,3,6,8H,2,4-5,7H2. The number of amides is 1. The molecule has 5 heteroatoms. The lowest BCUT2D eigenvalue weighted by Gasteiger charge is -2.16. The Bertz CT molecular complexity index is 399. The molecule has 3 nitrogen and oxygen atoms in total. The molecule has 0 spiro atoms. The zero-order valence-corrected chi connectivity index (χ0v) is 10.3. The van der Waals surface area contributed by atoms with E-state index in [1.165, 1.54) is 12.3 Å². The molecule has 1 saturated heterocycles. The van der Waals surface area contributed by atoms with Gasteiger partial charge in [0.25, 0.3) is 5.91 Å². The smallest absolute Gasteiger partial charge is 0.256 e. The Labute approximate surface area is 102 Å². The minimum Gasteiger partial charge on any atom is -0.338 e. The summed E-state index contributed by atoms with van der Waals surface area (Å²) < 4.78 is 13.4. The van der Waals surface area contributed by atoms with Crippen molar-refractivity contribution in [3.8, 4) is 0 Å². The maximum absolute atomic E-state index is 13.4. The van der Waals surface area contributed by atoms with E-state index in [2.05, 4.69) is 20.9 Å². The van der Waals surface area contributed by atoms with E-state index in [1.54, 1.807) is 4.90 Å². The number of alkyl halides is 1. The van der Waals surface area contributed by atoms with E-state index in [0.29, 0.717) is 19.0 Å². The third-order valence-corrected chi connectivity index (χ3v) is 3.71. The van der Waals surface area contributed by atoms with Crippen LogP contribution in [0.2, 0.25) is 0 Å². The number of likely N-dealkylation sites (tertiary alicyclic amines) is 1. The van der Waals surface area contributed by atoms with Crippen LogP contribution < -0.4 is 0 Å². The minimum absolute atomic E-state index is 0.116. The van der Waals surface area contributed by atoms with Crippen LogP contribution in [0.25, 0.3) is 0 Å². The van der Waals surface area contributed by atoms with Gasteiger partial charge in [-0.1, -0.05) is 15.9 Å². The molecule has 1 amide bonds. The summed E-state index contributed by atoms with van der Waals surface area (Å²) in [5.41, 5.74) is 0.116. The van der Waals surface area contributed by atoms with E-state index in [4.69, 9.17) is 0 Å². The summed E-state index contributed by atoms with van der Waals surface area (Å²) in [7, 11) is 0. The molecule has 86 valence electrons. The molecule has 1 aromatic rings.